The quantitative estimate of drug-likeness (QED) is 0.455. The van der Waals surface area contributed by atoms with Gasteiger partial charge in [0.1, 0.15) is 12.1 Å². The van der Waals surface area contributed by atoms with E-state index in [0.717, 1.165) is 11.3 Å². The molecule has 29 heavy (non-hydrogen) atoms. The molecule has 2 aromatic carbocycles. The number of nitrogens with zero attached hydrogens (tertiary/aromatic N) is 4. The molecule has 0 bridgehead atoms. The summed E-state index contributed by atoms with van der Waals surface area (Å²) >= 11 is 2.56. The first-order valence-electron chi connectivity index (χ1n) is 8.75. The fraction of sp³-hybridized carbons (Fsp3) is 0.100. The topological polar surface area (TPSA) is 72.7 Å². The van der Waals surface area contributed by atoms with Gasteiger partial charge in [-0.2, -0.15) is 0 Å². The second-order valence-corrected chi connectivity index (χ2v) is 8.25. The van der Waals surface area contributed by atoms with Gasteiger partial charge >= 0.3 is 0 Å². The van der Waals surface area contributed by atoms with Crippen molar-refractivity contribution in [1.29, 1.82) is 0 Å². The lowest BCUT2D eigenvalue weighted by Crippen LogP contribution is -2.22. The number of para-hydroxylation sites is 1. The van der Waals surface area contributed by atoms with Crippen LogP contribution in [0.5, 0.6) is 0 Å². The second-order valence-electron chi connectivity index (χ2n) is 6.09. The van der Waals surface area contributed by atoms with Crippen molar-refractivity contribution in [1.82, 2.24) is 19.7 Å². The van der Waals surface area contributed by atoms with Crippen LogP contribution in [-0.2, 0) is 4.79 Å². The Labute approximate surface area is 174 Å². The molecular formula is C20H16FN5OS2. The van der Waals surface area contributed by atoms with Crippen LogP contribution in [0.25, 0.3) is 16.9 Å². The van der Waals surface area contributed by atoms with Crippen molar-refractivity contribution >= 4 is 34.1 Å². The number of hydrogen-bond donors (Lipinski definition) is 1. The first-order valence-corrected chi connectivity index (χ1v) is 10.5. The van der Waals surface area contributed by atoms with Crippen LogP contribution < -0.4 is 5.32 Å². The van der Waals surface area contributed by atoms with Gasteiger partial charge in [0.15, 0.2) is 10.3 Å². The molecule has 1 atom stereocenters. The van der Waals surface area contributed by atoms with E-state index in [1.165, 1.54) is 40.1 Å². The van der Waals surface area contributed by atoms with Crippen molar-refractivity contribution in [2.24, 2.45) is 0 Å². The number of hydrogen-bond acceptors (Lipinski definition) is 6. The molecule has 2 aromatic heterocycles. The molecule has 2 heterocycles. The first kappa shape index (κ1) is 19.3. The molecule has 0 unspecified atom stereocenters. The molecule has 0 saturated carbocycles. The SMILES string of the molecule is C[C@@H](Sc1nncn1-c1ccccc1F)C(=O)Nc1nc(-c2ccccc2)cs1. The van der Waals surface area contributed by atoms with E-state index in [-0.39, 0.29) is 11.7 Å². The molecule has 0 aliphatic heterocycles. The predicted octanol–water partition coefficient (Wildman–Crippen LogP) is 4.65. The zero-order valence-corrected chi connectivity index (χ0v) is 17.0. The second kappa shape index (κ2) is 8.54. The standard InChI is InChI=1S/C20H16FN5OS2/c1-13(29-20-25-22-12-26(20)17-10-6-5-9-15(17)21)18(27)24-19-23-16(11-28-19)14-7-3-2-4-8-14/h2-13H,1H3,(H,23,24,27)/t13-/m1/s1. The van der Waals surface area contributed by atoms with Crippen molar-refractivity contribution in [2.45, 2.75) is 17.3 Å². The van der Waals surface area contributed by atoms with Crippen LogP contribution in [0.3, 0.4) is 0 Å². The highest BCUT2D eigenvalue weighted by molar-refractivity contribution is 8.00. The summed E-state index contributed by atoms with van der Waals surface area (Å²) in [5.41, 5.74) is 2.13. The highest BCUT2D eigenvalue weighted by Gasteiger charge is 2.20. The predicted molar refractivity (Wildman–Crippen MR) is 113 cm³/mol. The molecule has 0 spiro atoms. The van der Waals surface area contributed by atoms with Gasteiger partial charge in [-0.3, -0.25) is 9.36 Å². The minimum absolute atomic E-state index is 0.216. The number of thiazole rings is 1. The van der Waals surface area contributed by atoms with Gasteiger partial charge in [0.05, 0.1) is 16.6 Å². The summed E-state index contributed by atoms with van der Waals surface area (Å²) in [6.45, 7) is 1.76. The zero-order chi connectivity index (χ0) is 20.2. The number of carbonyl (C=O) groups excluding carboxylic acids is 1. The van der Waals surface area contributed by atoms with E-state index in [1.54, 1.807) is 25.1 Å². The molecule has 146 valence electrons. The van der Waals surface area contributed by atoms with E-state index in [2.05, 4.69) is 20.5 Å². The van der Waals surface area contributed by atoms with Gasteiger partial charge in [-0.05, 0) is 19.1 Å². The molecule has 0 aliphatic rings. The molecule has 0 radical (unpaired) electrons. The maximum absolute atomic E-state index is 14.1. The fourth-order valence-electron chi connectivity index (χ4n) is 2.61. The normalized spacial score (nSPS) is 11.9. The molecule has 4 rings (SSSR count). The first-order chi connectivity index (χ1) is 14.1. The van der Waals surface area contributed by atoms with Gasteiger partial charge in [0.25, 0.3) is 0 Å². The van der Waals surface area contributed by atoms with Gasteiger partial charge < -0.3 is 5.32 Å². The van der Waals surface area contributed by atoms with E-state index in [0.29, 0.717) is 16.0 Å². The van der Waals surface area contributed by atoms with Crippen molar-refractivity contribution in [3.05, 3.63) is 72.1 Å². The summed E-state index contributed by atoms with van der Waals surface area (Å²) in [5, 5.41) is 13.1. The average molecular weight is 426 g/mol. The van der Waals surface area contributed by atoms with E-state index in [1.807, 2.05) is 35.7 Å². The summed E-state index contributed by atoms with van der Waals surface area (Å²) in [5.74, 6) is -0.602. The fourth-order valence-corrected chi connectivity index (χ4v) is 4.17. The lowest BCUT2D eigenvalue weighted by atomic mass is 10.2. The van der Waals surface area contributed by atoms with Gasteiger partial charge in [0, 0.05) is 10.9 Å². The van der Waals surface area contributed by atoms with E-state index in [4.69, 9.17) is 0 Å². The molecular weight excluding hydrogens is 409 g/mol. The number of amides is 1. The Hall–Kier alpha value is -3.04. The summed E-state index contributed by atoms with van der Waals surface area (Å²) < 4.78 is 15.6. The van der Waals surface area contributed by atoms with Crippen LogP contribution in [0, 0.1) is 5.82 Å². The van der Waals surface area contributed by atoms with Gasteiger partial charge in [-0.25, -0.2) is 9.37 Å². The van der Waals surface area contributed by atoms with Crippen molar-refractivity contribution in [2.75, 3.05) is 5.32 Å². The van der Waals surface area contributed by atoms with Crippen LogP contribution in [0.15, 0.2) is 71.5 Å². The van der Waals surface area contributed by atoms with E-state index in [9.17, 15) is 9.18 Å². The van der Waals surface area contributed by atoms with E-state index >= 15 is 0 Å². The maximum atomic E-state index is 14.1. The molecule has 9 heteroatoms. The number of carbonyl (C=O) groups is 1. The Kier molecular flexibility index (Phi) is 5.68. The van der Waals surface area contributed by atoms with Crippen molar-refractivity contribution in [3.63, 3.8) is 0 Å². The zero-order valence-electron chi connectivity index (χ0n) is 15.3. The molecule has 4 aromatic rings. The summed E-state index contributed by atoms with van der Waals surface area (Å²) in [6, 6.07) is 16.1. The Morgan fingerprint density at radius 3 is 2.72 bits per heavy atom. The van der Waals surface area contributed by atoms with Crippen molar-refractivity contribution in [3.8, 4) is 16.9 Å². The van der Waals surface area contributed by atoms with Crippen LogP contribution in [0.1, 0.15) is 6.92 Å². The minimum Gasteiger partial charge on any atom is -0.301 e. The average Bonchev–Trinajstić information content (AvgIpc) is 3.39. The maximum Gasteiger partial charge on any atom is 0.239 e. The highest BCUT2D eigenvalue weighted by atomic mass is 32.2. The van der Waals surface area contributed by atoms with Crippen LogP contribution >= 0.6 is 23.1 Å². The third kappa shape index (κ3) is 4.36. The minimum atomic E-state index is -0.478. The number of halogens is 1. The third-order valence-electron chi connectivity index (χ3n) is 4.08. The van der Waals surface area contributed by atoms with Gasteiger partial charge in [-0.15, -0.1) is 21.5 Å². The largest absolute Gasteiger partial charge is 0.301 e. The van der Waals surface area contributed by atoms with Crippen molar-refractivity contribution < 1.29 is 9.18 Å². The number of rotatable bonds is 6. The number of thioether (sulfide) groups is 1. The molecule has 6 nitrogen and oxygen atoms in total. The Morgan fingerprint density at radius 2 is 1.93 bits per heavy atom. The Balaban J connectivity index is 1.44. The third-order valence-corrected chi connectivity index (χ3v) is 5.90. The lowest BCUT2D eigenvalue weighted by Gasteiger charge is -2.11. The number of benzene rings is 2. The van der Waals surface area contributed by atoms with E-state index < -0.39 is 5.25 Å². The molecule has 0 aliphatic carbocycles. The number of aromatic nitrogens is 4. The van der Waals surface area contributed by atoms with Crippen LogP contribution in [0.4, 0.5) is 9.52 Å². The van der Waals surface area contributed by atoms with Crippen LogP contribution in [0.2, 0.25) is 0 Å². The van der Waals surface area contributed by atoms with Crippen LogP contribution in [-0.4, -0.2) is 30.9 Å². The monoisotopic (exact) mass is 425 g/mol. The summed E-state index contributed by atoms with van der Waals surface area (Å²) in [7, 11) is 0. The van der Waals surface area contributed by atoms with Gasteiger partial charge in [-0.1, -0.05) is 54.2 Å². The Morgan fingerprint density at radius 1 is 1.17 bits per heavy atom. The smallest absolute Gasteiger partial charge is 0.239 e. The summed E-state index contributed by atoms with van der Waals surface area (Å²) in [6.07, 6.45) is 1.43. The summed E-state index contributed by atoms with van der Waals surface area (Å²) in [4.78, 5) is 17.1. The Bertz CT molecular complexity index is 1130. The molecule has 1 amide bonds. The molecule has 0 saturated heterocycles. The van der Waals surface area contributed by atoms with Gasteiger partial charge in [0.2, 0.25) is 5.91 Å². The molecule has 0 fully saturated rings. The molecule has 1 N–H and O–H groups in total. The number of anilines is 1. The number of nitrogens with one attached hydrogen (secondary N) is 1. The lowest BCUT2D eigenvalue weighted by molar-refractivity contribution is -0.115. The highest BCUT2D eigenvalue weighted by Crippen LogP contribution is 2.28.